The van der Waals surface area contributed by atoms with E-state index in [4.69, 9.17) is 4.74 Å². The maximum absolute atomic E-state index is 5.46. The van der Waals surface area contributed by atoms with Crippen LogP contribution in [0, 0.1) is 0 Å². The fourth-order valence-electron chi connectivity index (χ4n) is 1.97. The van der Waals surface area contributed by atoms with Gasteiger partial charge in [0.2, 0.25) is 0 Å². The van der Waals surface area contributed by atoms with Crippen molar-refractivity contribution in [1.29, 1.82) is 0 Å². The third kappa shape index (κ3) is 2.46. The molecule has 1 saturated heterocycles. The Hall–Kier alpha value is -0.0800. The second kappa shape index (κ2) is 4.83. The van der Waals surface area contributed by atoms with Crippen molar-refractivity contribution in [2.45, 2.75) is 45.7 Å². The van der Waals surface area contributed by atoms with Gasteiger partial charge in [0, 0.05) is 18.7 Å². The molecule has 0 unspecified atom stereocenters. The zero-order chi connectivity index (χ0) is 8.97. The molecular weight excluding hydrogens is 150 g/mol. The summed E-state index contributed by atoms with van der Waals surface area (Å²) >= 11 is 0. The summed E-state index contributed by atoms with van der Waals surface area (Å²) in [5.41, 5.74) is 0. The molecular formula is C10H21NO. The van der Waals surface area contributed by atoms with E-state index in [1.165, 1.54) is 19.4 Å². The molecule has 0 aromatic rings. The minimum absolute atomic E-state index is 0.679. The first-order chi connectivity index (χ1) is 5.75. The van der Waals surface area contributed by atoms with Crippen molar-refractivity contribution < 1.29 is 4.74 Å². The largest absolute Gasteiger partial charge is 0.380 e. The predicted molar refractivity (Wildman–Crippen MR) is 51.4 cm³/mol. The lowest BCUT2D eigenvalue weighted by Gasteiger charge is -2.27. The van der Waals surface area contributed by atoms with Crippen LogP contribution in [0.15, 0.2) is 0 Å². The third-order valence-corrected chi connectivity index (χ3v) is 2.60. The number of likely N-dealkylation sites (tertiary alicyclic amines) is 1. The topological polar surface area (TPSA) is 12.5 Å². The van der Waals surface area contributed by atoms with E-state index in [1.54, 1.807) is 0 Å². The van der Waals surface area contributed by atoms with E-state index in [1.807, 2.05) is 0 Å². The lowest BCUT2D eigenvalue weighted by molar-refractivity contribution is 0.0728. The SMILES string of the molecule is CCOC[C@@H]1CCCN1C(C)C. The Kier molecular flexibility index (Phi) is 4.02. The highest BCUT2D eigenvalue weighted by Crippen LogP contribution is 2.19. The molecule has 1 heterocycles. The van der Waals surface area contributed by atoms with Crippen LogP contribution in [0.2, 0.25) is 0 Å². The summed E-state index contributed by atoms with van der Waals surface area (Å²) in [5.74, 6) is 0. The summed E-state index contributed by atoms with van der Waals surface area (Å²) in [7, 11) is 0. The second-order valence-corrected chi connectivity index (χ2v) is 3.79. The molecule has 0 saturated carbocycles. The van der Waals surface area contributed by atoms with Crippen LogP contribution in [-0.2, 0) is 4.74 Å². The highest BCUT2D eigenvalue weighted by atomic mass is 16.5. The summed E-state index contributed by atoms with van der Waals surface area (Å²) in [6.45, 7) is 9.63. The minimum Gasteiger partial charge on any atom is -0.380 e. The first kappa shape index (κ1) is 10.0. The monoisotopic (exact) mass is 171 g/mol. The zero-order valence-corrected chi connectivity index (χ0v) is 8.55. The van der Waals surface area contributed by atoms with Gasteiger partial charge >= 0.3 is 0 Å². The molecule has 1 aliphatic heterocycles. The van der Waals surface area contributed by atoms with Crippen LogP contribution in [-0.4, -0.2) is 36.7 Å². The maximum Gasteiger partial charge on any atom is 0.0621 e. The Bertz CT molecular complexity index is 125. The van der Waals surface area contributed by atoms with E-state index in [0.29, 0.717) is 12.1 Å². The van der Waals surface area contributed by atoms with E-state index >= 15 is 0 Å². The van der Waals surface area contributed by atoms with Gasteiger partial charge in [-0.2, -0.15) is 0 Å². The fraction of sp³-hybridized carbons (Fsp3) is 1.00. The molecule has 72 valence electrons. The van der Waals surface area contributed by atoms with Gasteiger partial charge in [0.05, 0.1) is 6.61 Å². The van der Waals surface area contributed by atoms with Gasteiger partial charge in [-0.05, 0) is 40.2 Å². The standard InChI is InChI=1S/C10H21NO/c1-4-12-8-10-6-5-7-11(10)9(2)3/h9-10H,4-8H2,1-3H3/t10-/m0/s1. The fourth-order valence-corrected chi connectivity index (χ4v) is 1.97. The van der Waals surface area contributed by atoms with Gasteiger partial charge in [-0.25, -0.2) is 0 Å². The molecule has 0 aromatic heterocycles. The Labute approximate surface area is 75.9 Å². The molecule has 1 atom stereocenters. The second-order valence-electron chi connectivity index (χ2n) is 3.79. The van der Waals surface area contributed by atoms with Gasteiger partial charge in [0.1, 0.15) is 0 Å². The summed E-state index contributed by atoms with van der Waals surface area (Å²) in [6.07, 6.45) is 2.66. The van der Waals surface area contributed by atoms with Gasteiger partial charge < -0.3 is 4.74 Å². The van der Waals surface area contributed by atoms with E-state index < -0.39 is 0 Å². The van der Waals surface area contributed by atoms with E-state index in [0.717, 1.165) is 13.2 Å². The molecule has 0 bridgehead atoms. The van der Waals surface area contributed by atoms with Crippen molar-refractivity contribution in [3.63, 3.8) is 0 Å². The molecule has 0 spiro atoms. The Morgan fingerprint density at radius 3 is 2.83 bits per heavy atom. The van der Waals surface area contributed by atoms with Gasteiger partial charge in [-0.3, -0.25) is 4.90 Å². The molecule has 1 rings (SSSR count). The normalized spacial score (nSPS) is 25.5. The predicted octanol–water partition coefficient (Wildman–Crippen LogP) is 1.90. The van der Waals surface area contributed by atoms with E-state index in [-0.39, 0.29) is 0 Å². The third-order valence-electron chi connectivity index (χ3n) is 2.60. The van der Waals surface area contributed by atoms with Crippen molar-refractivity contribution in [2.75, 3.05) is 19.8 Å². The maximum atomic E-state index is 5.46. The smallest absolute Gasteiger partial charge is 0.0621 e. The van der Waals surface area contributed by atoms with Crippen LogP contribution in [0.25, 0.3) is 0 Å². The quantitative estimate of drug-likeness (QED) is 0.640. The van der Waals surface area contributed by atoms with Crippen molar-refractivity contribution in [3.8, 4) is 0 Å². The highest BCUT2D eigenvalue weighted by Gasteiger charge is 2.25. The minimum atomic E-state index is 0.679. The zero-order valence-electron chi connectivity index (χ0n) is 8.55. The van der Waals surface area contributed by atoms with Crippen molar-refractivity contribution in [2.24, 2.45) is 0 Å². The summed E-state index contributed by atoms with van der Waals surface area (Å²) in [4.78, 5) is 2.55. The lowest BCUT2D eigenvalue weighted by atomic mass is 10.2. The Balaban J connectivity index is 2.30. The number of nitrogens with zero attached hydrogens (tertiary/aromatic N) is 1. The summed E-state index contributed by atoms with van der Waals surface area (Å²) < 4.78 is 5.46. The first-order valence-electron chi connectivity index (χ1n) is 5.09. The number of hydrogen-bond donors (Lipinski definition) is 0. The van der Waals surface area contributed by atoms with Gasteiger partial charge in [0.25, 0.3) is 0 Å². The number of rotatable bonds is 4. The molecule has 2 nitrogen and oxygen atoms in total. The molecule has 1 fully saturated rings. The average Bonchev–Trinajstić information content (AvgIpc) is 2.48. The molecule has 0 amide bonds. The van der Waals surface area contributed by atoms with Gasteiger partial charge in [-0.1, -0.05) is 0 Å². The number of ether oxygens (including phenoxy) is 1. The van der Waals surface area contributed by atoms with Gasteiger partial charge in [0.15, 0.2) is 0 Å². The molecule has 2 heteroatoms. The summed E-state index contributed by atoms with van der Waals surface area (Å²) in [5, 5.41) is 0. The molecule has 1 aliphatic rings. The van der Waals surface area contributed by atoms with Crippen LogP contribution in [0.3, 0.4) is 0 Å². The number of hydrogen-bond acceptors (Lipinski definition) is 2. The van der Waals surface area contributed by atoms with Gasteiger partial charge in [-0.15, -0.1) is 0 Å². The Morgan fingerprint density at radius 1 is 1.50 bits per heavy atom. The highest BCUT2D eigenvalue weighted by molar-refractivity contribution is 4.80. The Morgan fingerprint density at radius 2 is 2.25 bits per heavy atom. The van der Waals surface area contributed by atoms with Crippen molar-refractivity contribution in [1.82, 2.24) is 4.90 Å². The van der Waals surface area contributed by atoms with Crippen molar-refractivity contribution in [3.05, 3.63) is 0 Å². The van der Waals surface area contributed by atoms with Crippen LogP contribution >= 0.6 is 0 Å². The van der Waals surface area contributed by atoms with Crippen LogP contribution in [0.5, 0.6) is 0 Å². The first-order valence-corrected chi connectivity index (χ1v) is 5.09. The summed E-state index contributed by atoms with van der Waals surface area (Å²) in [6, 6.07) is 1.36. The molecule has 0 aromatic carbocycles. The average molecular weight is 171 g/mol. The van der Waals surface area contributed by atoms with E-state index in [2.05, 4.69) is 25.7 Å². The molecule has 12 heavy (non-hydrogen) atoms. The van der Waals surface area contributed by atoms with Crippen LogP contribution in [0.4, 0.5) is 0 Å². The lowest BCUT2D eigenvalue weighted by Crippen LogP contribution is -2.38. The molecule has 0 radical (unpaired) electrons. The molecule has 0 aliphatic carbocycles. The van der Waals surface area contributed by atoms with E-state index in [9.17, 15) is 0 Å². The van der Waals surface area contributed by atoms with Crippen LogP contribution < -0.4 is 0 Å². The van der Waals surface area contributed by atoms with Crippen molar-refractivity contribution >= 4 is 0 Å². The molecule has 0 N–H and O–H groups in total. The van der Waals surface area contributed by atoms with Crippen LogP contribution in [0.1, 0.15) is 33.6 Å².